The lowest BCUT2D eigenvalue weighted by Gasteiger charge is -2.52. The van der Waals surface area contributed by atoms with E-state index in [2.05, 4.69) is 21.3 Å². The summed E-state index contributed by atoms with van der Waals surface area (Å²) in [5.41, 5.74) is 0. The van der Waals surface area contributed by atoms with Crippen molar-refractivity contribution >= 4 is 23.6 Å². The smallest absolute Gasteiger partial charge is 0.217 e. The van der Waals surface area contributed by atoms with Crippen LogP contribution >= 0.6 is 0 Å². The molecule has 35 atom stereocenters. The van der Waals surface area contributed by atoms with Crippen LogP contribution in [0.2, 0.25) is 0 Å². The van der Waals surface area contributed by atoms with Crippen molar-refractivity contribution in [1.29, 1.82) is 0 Å². The molecule has 7 heterocycles. The van der Waals surface area contributed by atoms with E-state index in [1.807, 2.05) is 0 Å². The van der Waals surface area contributed by atoms with Gasteiger partial charge in [0.25, 0.3) is 0 Å². The van der Waals surface area contributed by atoms with Gasteiger partial charge in [0.1, 0.15) is 165 Å². The first kappa shape index (κ1) is 73.1. The summed E-state index contributed by atoms with van der Waals surface area (Å²) in [6.45, 7) is -0.761. The van der Waals surface area contributed by atoms with Gasteiger partial charge in [-0.05, 0) is 6.92 Å². The standard InChI is InChI=1S/C50H84N4O35/c1-12-27(64)35(72)37(74)48(78-12)77-11-22-40(33(70)23(44(76)79-22)51-13(2)60)85-47-26(54-16(5)63)34(71)39(20(9-58)83-47)86-49-38(75)42(41(21(10-59)84-49)87-45-24(52-14(3)61)31(68)28(65)17(6-55)80-45)88-50-43(36(73)30(67)19(8-57)82-50)89-46-25(53-15(4)62)32(69)29(66)18(7-56)81-46/h12,17-50,55-59,64-76H,6-11H2,1-5H3,(H,51,60)(H,52,61)(H,53,62)(H,54,63)/t12-,17+,18+,19+,20+,21+,22+,23+,24+,25+,26+,27+,28+,29+,30+,31+,32+,33+,34+,35+,36-,37-,38-,39+,40+,41+,42+,43-,44?,45-,46-,47-,48+,49-,50+/m0/s1. The molecule has 39 heteroatoms. The summed E-state index contributed by atoms with van der Waals surface area (Å²) in [7, 11) is 0. The highest BCUT2D eigenvalue weighted by Crippen LogP contribution is 2.39. The van der Waals surface area contributed by atoms with Gasteiger partial charge in [-0.25, -0.2) is 0 Å². The molecule has 7 fully saturated rings. The van der Waals surface area contributed by atoms with E-state index in [1.54, 1.807) is 0 Å². The third-order valence-electron chi connectivity index (χ3n) is 16.1. The first-order valence-electron chi connectivity index (χ1n) is 28.5. The third kappa shape index (κ3) is 16.4. The number of amides is 4. The minimum atomic E-state index is -2.45. The molecule has 0 aromatic carbocycles. The molecule has 7 aliphatic rings. The molecule has 7 saturated heterocycles. The monoisotopic (exact) mass is 1300 g/mol. The minimum absolute atomic E-state index is 0.775. The fraction of sp³-hybridized carbons (Fsp3) is 0.920. The number of aliphatic hydroxyl groups is 18. The molecule has 514 valence electrons. The third-order valence-corrected chi connectivity index (χ3v) is 16.1. The van der Waals surface area contributed by atoms with Crippen LogP contribution in [0.5, 0.6) is 0 Å². The highest BCUT2D eigenvalue weighted by atomic mass is 16.8. The van der Waals surface area contributed by atoms with E-state index in [1.165, 1.54) is 6.92 Å². The fourth-order valence-corrected chi connectivity index (χ4v) is 11.4. The molecule has 0 aromatic heterocycles. The van der Waals surface area contributed by atoms with Crippen LogP contribution in [-0.4, -0.2) is 370 Å². The zero-order valence-electron chi connectivity index (χ0n) is 48.4. The molecule has 4 amide bonds. The number of hydrogen-bond acceptors (Lipinski definition) is 35. The minimum Gasteiger partial charge on any atom is -0.394 e. The zero-order valence-corrected chi connectivity index (χ0v) is 48.4. The number of hydrogen-bond donors (Lipinski definition) is 22. The van der Waals surface area contributed by atoms with Crippen LogP contribution in [0.1, 0.15) is 34.6 Å². The summed E-state index contributed by atoms with van der Waals surface area (Å²) in [6, 6.07) is -7.02. The Morgan fingerprint density at radius 3 is 1.16 bits per heavy atom. The second-order valence-corrected chi connectivity index (χ2v) is 22.5. The van der Waals surface area contributed by atoms with Crippen LogP contribution in [0.4, 0.5) is 0 Å². The highest BCUT2D eigenvalue weighted by Gasteiger charge is 2.60. The average Bonchev–Trinajstić information content (AvgIpc) is 2.08. The maximum absolute atomic E-state index is 13.0. The van der Waals surface area contributed by atoms with Crippen LogP contribution in [0.3, 0.4) is 0 Å². The normalized spacial score (nSPS) is 48.0. The van der Waals surface area contributed by atoms with Crippen LogP contribution < -0.4 is 21.3 Å². The SMILES string of the molecule is CC(=O)N[C@H]1[C@H](O[C@H]2[C@H](O)[C@@H](NC(C)=O)C(O)O[C@@H]2CO[C@@H]2O[C@@H](C)[C@@H](O)[C@@H](O)[C@@H]2O)O[C@H](CO)[C@@H](O[C@@H]2O[C@H](CO)[C@@H](O[C@@H]3O[C@H](CO)[C@@H](O)[C@H](O)[C@H]3NC(C)=O)[C@H](O[C@H]3O[C@H](CO)[C@@H](O)[C@H](O)[C@@H]3O[C@@H]3O[C@H](CO)[C@@H](O)[C@H](O)[C@H]3NC(C)=O)[C@@H]2O)[C@@H]1O. The van der Waals surface area contributed by atoms with E-state index in [-0.39, 0.29) is 0 Å². The Hall–Kier alpha value is -3.36. The second kappa shape index (κ2) is 31.7. The van der Waals surface area contributed by atoms with Crippen LogP contribution in [0.15, 0.2) is 0 Å². The number of ether oxygens (including phenoxy) is 13. The average molecular weight is 1300 g/mol. The zero-order chi connectivity index (χ0) is 65.8. The van der Waals surface area contributed by atoms with Crippen molar-refractivity contribution in [2.75, 3.05) is 39.6 Å². The topological polar surface area (TPSA) is 601 Å². The highest BCUT2D eigenvalue weighted by molar-refractivity contribution is 5.74. The Bertz CT molecular complexity index is 2290. The summed E-state index contributed by atoms with van der Waals surface area (Å²) < 4.78 is 77.3. The summed E-state index contributed by atoms with van der Waals surface area (Å²) in [5, 5.41) is 208. The van der Waals surface area contributed by atoms with Crippen molar-refractivity contribution in [1.82, 2.24) is 21.3 Å². The van der Waals surface area contributed by atoms with E-state index in [4.69, 9.17) is 61.6 Å². The van der Waals surface area contributed by atoms with E-state index >= 15 is 0 Å². The first-order chi connectivity index (χ1) is 42.0. The molecule has 89 heavy (non-hydrogen) atoms. The van der Waals surface area contributed by atoms with Gasteiger partial charge >= 0.3 is 0 Å². The van der Waals surface area contributed by atoms with Gasteiger partial charge in [0, 0.05) is 27.7 Å². The van der Waals surface area contributed by atoms with Gasteiger partial charge in [0.05, 0.1) is 45.7 Å². The van der Waals surface area contributed by atoms with Gasteiger partial charge in [0.15, 0.2) is 44.0 Å². The van der Waals surface area contributed by atoms with Crippen LogP contribution in [0.25, 0.3) is 0 Å². The Labute approximate surface area is 505 Å². The van der Waals surface area contributed by atoms with Gasteiger partial charge in [-0.1, -0.05) is 0 Å². The lowest BCUT2D eigenvalue weighted by atomic mass is 9.93. The summed E-state index contributed by atoms with van der Waals surface area (Å²) >= 11 is 0. The Morgan fingerprint density at radius 2 is 0.674 bits per heavy atom. The van der Waals surface area contributed by atoms with Crippen molar-refractivity contribution in [3.8, 4) is 0 Å². The summed E-state index contributed by atoms with van der Waals surface area (Å²) in [6.07, 6.45) is -60.1. The number of nitrogens with one attached hydrogen (secondary N) is 4. The van der Waals surface area contributed by atoms with E-state index in [9.17, 15) is 111 Å². The fourth-order valence-electron chi connectivity index (χ4n) is 11.4. The van der Waals surface area contributed by atoms with E-state index in [0.717, 1.165) is 27.7 Å². The maximum Gasteiger partial charge on any atom is 0.217 e. The second-order valence-electron chi connectivity index (χ2n) is 22.5. The molecule has 7 aliphatic heterocycles. The Balaban J connectivity index is 1.24. The van der Waals surface area contributed by atoms with Crippen LogP contribution in [0, 0.1) is 0 Å². The van der Waals surface area contributed by atoms with Crippen molar-refractivity contribution in [2.45, 2.75) is 249 Å². The molecule has 0 bridgehead atoms. The Kier molecular flexibility index (Phi) is 26.0. The first-order valence-corrected chi connectivity index (χ1v) is 28.5. The van der Waals surface area contributed by atoms with Gasteiger partial charge in [0.2, 0.25) is 23.6 Å². The molecule has 1 unspecified atom stereocenters. The predicted octanol–water partition coefficient (Wildman–Crippen LogP) is -14.7. The summed E-state index contributed by atoms with van der Waals surface area (Å²) in [4.78, 5) is 50.1. The molecule has 0 radical (unpaired) electrons. The van der Waals surface area contributed by atoms with Crippen LogP contribution in [-0.2, 0) is 80.8 Å². The summed E-state index contributed by atoms with van der Waals surface area (Å²) in [5.74, 6) is -3.35. The lowest BCUT2D eigenvalue weighted by Crippen LogP contribution is -2.71. The molecule has 7 rings (SSSR count). The molecular weight excluding hydrogens is 1220 g/mol. The van der Waals surface area contributed by atoms with E-state index in [0.29, 0.717) is 0 Å². The lowest BCUT2D eigenvalue weighted by molar-refractivity contribution is -0.403. The number of aliphatic hydroxyl groups excluding tert-OH is 18. The molecule has 0 aromatic rings. The molecular formula is C50H84N4O35. The number of carbonyl (C=O) groups excluding carboxylic acids is 4. The number of carbonyl (C=O) groups is 4. The maximum atomic E-state index is 13.0. The van der Waals surface area contributed by atoms with Gasteiger partial charge in [-0.3, -0.25) is 19.2 Å². The van der Waals surface area contributed by atoms with Crippen molar-refractivity contribution < 1.29 is 173 Å². The van der Waals surface area contributed by atoms with Gasteiger partial charge in [-0.15, -0.1) is 0 Å². The Morgan fingerprint density at radius 1 is 0.315 bits per heavy atom. The number of rotatable bonds is 22. The van der Waals surface area contributed by atoms with Crippen molar-refractivity contribution in [3.05, 3.63) is 0 Å². The van der Waals surface area contributed by atoms with Crippen molar-refractivity contribution in [2.24, 2.45) is 0 Å². The quantitative estimate of drug-likeness (QED) is 0.0479. The van der Waals surface area contributed by atoms with Crippen molar-refractivity contribution in [3.63, 3.8) is 0 Å². The predicted molar refractivity (Wildman–Crippen MR) is 277 cm³/mol. The van der Waals surface area contributed by atoms with Gasteiger partial charge < -0.3 is 175 Å². The molecule has 22 N–H and O–H groups in total. The molecule has 0 spiro atoms. The van der Waals surface area contributed by atoms with E-state index < -0.39 is 278 Å². The molecule has 0 saturated carbocycles. The molecule has 39 nitrogen and oxygen atoms in total. The van der Waals surface area contributed by atoms with Gasteiger partial charge in [-0.2, -0.15) is 0 Å². The molecule has 0 aliphatic carbocycles. The largest absolute Gasteiger partial charge is 0.394 e.